The molecule has 2 fully saturated rings. The maximum Gasteiger partial charge on any atom is 0.292 e. The van der Waals surface area contributed by atoms with Crippen molar-refractivity contribution < 1.29 is 22.4 Å². The Bertz CT molecular complexity index is 1100. The molecule has 4 rings (SSSR count). The van der Waals surface area contributed by atoms with Gasteiger partial charge in [-0.3, -0.25) is 14.5 Å². The van der Waals surface area contributed by atoms with Gasteiger partial charge in [0.2, 0.25) is 5.78 Å². The van der Waals surface area contributed by atoms with Crippen LogP contribution < -0.4 is 0 Å². The minimum Gasteiger partial charge on any atom is -0.339 e. The first-order valence-electron chi connectivity index (χ1n) is 9.97. The number of hydrogen-bond acceptors (Lipinski definition) is 6. The molecular formula is C20H24FN5O4S. The summed E-state index contributed by atoms with van der Waals surface area (Å²) in [5.41, 5.74) is 0.767. The Kier molecular flexibility index (Phi) is 5.67. The van der Waals surface area contributed by atoms with Gasteiger partial charge in [-0.05, 0) is 30.5 Å². The molecule has 0 spiro atoms. The molecule has 2 atom stereocenters. The highest BCUT2D eigenvalue weighted by atomic mass is 32.2. The number of sulfonamides is 1. The number of piperidine rings is 1. The molecule has 31 heavy (non-hydrogen) atoms. The number of hydrogen-bond donors (Lipinski definition) is 0. The van der Waals surface area contributed by atoms with Crippen molar-refractivity contribution in [2.75, 3.05) is 20.1 Å². The lowest BCUT2D eigenvalue weighted by molar-refractivity contribution is -0.162. The lowest BCUT2D eigenvalue weighted by Crippen LogP contribution is -2.69. The van der Waals surface area contributed by atoms with Gasteiger partial charge < -0.3 is 9.47 Å². The maximum absolute atomic E-state index is 13.3. The first-order chi connectivity index (χ1) is 14.7. The van der Waals surface area contributed by atoms with Crippen LogP contribution in [0.1, 0.15) is 18.4 Å². The van der Waals surface area contributed by atoms with E-state index < -0.39 is 33.9 Å². The van der Waals surface area contributed by atoms with E-state index in [9.17, 15) is 22.4 Å². The van der Waals surface area contributed by atoms with Crippen molar-refractivity contribution in [2.45, 2.75) is 36.6 Å². The number of likely N-dealkylation sites (N-methyl/N-ethyl adjacent to an activating group) is 1. The lowest BCUT2D eigenvalue weighted by atomic mass is 9.96. The minimum atomic E-state index is -3.90. The quantitative estimate of drug-likeness (QED) is 0.620. The van der Waals surface area contributed by atoms with Crippen molar-refractivity contribution in [1.82, 2.24) is 23.7 Å². The predicted octanol–water partition coefficient (Wildman–Crippen LogP) is 0.582. The van der Waals surface area contributed by atoms with Gasteiger partial charge in [0.25, 0.3) is 15.9 Å². The molecule has 0 radical (unpaired) electrons. The zero-order valence-corrected chi connectivity index (χ0v) is 18.1. The van der Waals surface area contributed by atoms with Crippen molar-refractivity contribution in [1.29, 1.82) is 0 Å². The summed E-state index contributed by atoms with van der Waals surface area (Å²) in [6.45, 7) is 0.545. The van der Waals surface area contributed by atoms with Crippen LogP contribution in [0.25, 0.3) is 0 Å². The molecule has 0 bridgehead atoms. The second-order valence-electron chi connectivity index (χ2n) is 7.97. The number of aryl methyl sites for hydroxylation is 1. The zero-order chi connectivity index (χ0) is 22.3. The van der Waals surface area contributed by atoms with E-state index in [4.69, 9.17) is 0 Å². The van der Waals surface area contributed by atoms with Crippen LogP contribution in [0.4, 0.5) is 4.39 Å². The summed E-state index contributed by atoms with van der Waals surface area (Å²) in [4.78, 5) is 32.2. The first-order valence-corrected chi connectivity index (χ1v) is 11.4. The second-order valence-corrected chi connectivity index (χ2v) is 9.92. The Morgan fingerprint density at radius 1 is 1.23 bits per heavy atom. The fourth-order valence-electron chi connectivity index (χ4n) is 4.32. The number of carbonyl (C=O) groups is 2. The molecule has 1 amide bonds. The number of ketones is 1. The summed E-state index contributed by atoms with van der Waals surface area (Å²) in [5.74, 6) is -1.49. The normalized spacial score (nSPS) is 22.8. The van der Waals surface area contributed by atoms with Gasteiger partial charge in [-0.15, -0.1) is 0 Å². The SMILES string of the molecule is CN(C1CCCN2C(=O)C(=O)CN(Cc3ccc(F)cc3)C12)S(=O)(=O)c1cn(C)cn1. The molecule has 2 aliphatic rings. The van der Waals surface area contributed by atoms with Gasteiger partial charge in [0.1, 0.15) is 12.0 Å². The molecule has 1 aromatic heterocycles. The van der Waals surface area contributed by atoms with Gasteiger partial charge in [-0.25, -0.2) is 17.8 Å². The lowest BCUT2D eigenvalue weighted by Gasteiger charge is -2.51. The summed E-state index contributed by atoms with van der Waals surface area (Å²) in [6, 6.07) is 5.35. The largest absolute Gasteiger partial charge is 0.339 e. The molecule has 11 heteroatoms. The molecular weight excluding hydrogens is 425 g/mol. The van der Waals surface area contributed by atoms with Crippen LogP contribution >= 0.6 is 0 Å². The molecule has 2 aliphatic heterocycles. The van der Waals surface area contributed by atoms with Crippen LogP contribution in [-0.4, -0.2) is 76.1 Å². The molecule has 9 nitrogen and oxygen atoms in total. The minimum absolute atomic E-state index is 0.0714. The number of amides is 1. The van der Waals surface area contributed by atoms with Crippen molar-refractivity contribution >= 4 is 21.7 Å². The van der Waals surface area contributed by atoms with E-state index >= 15 is 0 Å². The van der Waals surface area contributed by atoms with Crippen molar-refractivity contribution in [3.05, 3.63) is 48.2 Å². The standard InChI is InChI=1S/C20H24FN5O4S/c1-23-12-18(22-13-23)31(29,30)24(2)16-4-3-9-26-19(16)25(11-17(27)20(26)28)10-14-5-7-15(21)8-6-14/h5-8,12-13,16,19H,3-4,9-11H2,1-2H3. The topological polar surface area (TPSA) is 95.8 Å². The van der Waals surface area contributed by atoms with E-state index in [2.05, 4.69) is 4.98 Å². The van der Waals surface area contributed by atoms with Crippen molar-refractivity contribution in [3.8, 4) is 0 Å². The van der Waals surface area contributed by atoms with E-state index in [0.29, 0.717) is 19.4 Å². The van der Waals surface area contributed by atoms with Crippen LogP contribution in [0.3, 0.4) is 0 Å². The Labute approximate surface area is 180 Å². The summed E-state index contributed by atoms with van der Waals surface area (Å²) in [6.07, 6.45) is 3.35. The number of carbonyl (C=O) groups excluding carboxylic acids is 2. The Morgan fingerprint density at radius 3 is 2.58 bits per heavy atom. The third-order valence-electron chi connectivity index (χ3n) is 5.87. The van der Waals surface area contributed by atoms with Crippen LogP contribution in [0.5, 0.6) is 0 Å². The van der Waals surface area contributed by atoms with Gasteiger partial charge in [0.05, 0.1) is 18.9 Å². The van der Waals surface area contributed by atoms with Crippen LogP contribution in [-0.2, 0) is 33.2 Å². The van der Waals surface area contributed by atoms with E-state index in [0.717, 1.165) is 5.56 Å². The van der Waals surface area contributed by atoms with Gasteiger partial charge in [-0.1, -0.05) is 12.1 Å². The van der Waals surface area contributed by atoms with Crippen molar-refractivity contribution in [2.24, 2.45) is 7.05 Å². The number of fused-ring (bicyclic) bond motifs is 1. The van der Waals surface area contributed by atoms with E-state index in [1.54, 1.807) is 28.6 Å². The summed E-state index contributed by atoms with van der Waals surface area (Å²) >= 11 is 0. The van der Waals surface area contributed by atoms with Crippen molar-refractivity contribution in [3.63, 3.8) is 0 Å². The molecule has 0 N–H and O–H groups in total. The molecule has 0 aliphatic carbocycles. The maximum atomic E-state index is 13.3. The number of benzene rings is 1. The molecule has 2 unspecified atom stereocenters. The fourth-order valence-corrected chi connectivity index (χ4v) is 5.66. The predicted molar refractivity (Wildman–Crippen MR) is 108 cm³/mol. The highest BCUT2D eigenvalue weighted by Gasteiger charge is 2.48. The molecule has 1 aromatic carbocycles. The van der Waals surface area contributed by atoms with E-state index in [1.807, 2.05) is 0 Å². The second kappa shape index (κ2) is 8.13. The average molecular weight is 450 g/mol. The first kappa shape index (κ1) is 21.6. The number of rotatable bonds is 5. The summed E-state index contributed by atoms with van der Waals surface area (Å²) in [5, 5.41) is -0.0714. The zero-order valence-electron chi connectivity index (χ0n) is 17.3. The smallest absolute Gasteiger partial charge is 0.292 e. The van der Waals surface area contributed by atoms with Crippen LogP contribution in [0.2, 0.25) is 0 Å². The monoisotopic (exact) mass is 449 g/mol. The third kappa shape index (κ3) is 4.00. The molecule has 3 heterocycles. The highest BCUT2D eigenvalue weighted by Crippen LogP contribution is 2.31. The number of halogens is 1. The van der Waals surface area contributed by atoms with Gasteiger partial charge >= 0.3 is 0 Å². The Morgan fingerprint density at radius 2 is 1.94 bits per heavy atom. The number of Topliss-reactive ketones (excluding diaryl/α,β-unsaturated/α-hetero) is 1. The Hall–Kier alpha value is -2.63. The number of nitrogens with zero attached hydrogens (tertiary/aromatic N) is 5. The summed E-state index contributed by atoms with van der Waals surface area (Å²) < 4.78 is 42.5. The van der Waals surface area contributed by atoms with Gasteiger partial charge in [0.15, 0.2) is 5.03 Å². The summed E-state index contributed by atoms with van der Waals surface area (Å²) in [7, 11) is -0.733. The molecule has 2 aromatic rings. The fraction of sp³-hybridized carbons (Fsp3) is 0.450. The van der Waals surface area contributed by atoms with Gasteiger partial charge in [0, 0.05) is 33.4 Å². The van der Waals surface area contributed by atoms with Crippen LogP contribution in [0, 0.1) is 5.82 Å². The third-order valence-corrected chi connectivity index (χ3v) is 7.64. The average Bonchev–Trinajstić information content (AvgIpc) is 3.19. The highest BCUT2D eigenvalue weighted by molar-refractivity contribution is 7.89. The molecule has 0 saturated carbocycles. The van der Waals surface area contributed by atoms with E-state index in [1.165, 1.54) is 40.9 Å². The molecule has 2 saturated heterocycles. The Balaban J connectivity index is 1.67. The van der Waals surface area contributed by atoms with Gasteiger partial charge in [-0.2, -0.15) is 4.31 Å². The number of imidazole rings is 1. The molecule has 166 valence electrons. The van der Waals surface area contributed by atoms with E-state index in [-0.39, 0.29) is 23.9 Å². The van der Waals surface area contributed by atoms with Crippen LogP contribution in [0.15, 0.2) is 41.8 Å². The number of aromatic nitrogens is 2.